The first-order valence-corrected chi connectivity index (χ1v) is 5.78. The fourth-order valence-electron chi connectivity index (χ4n) is 2.17. The highest BCUT2D eigenvalue weighted by atomic mass is 14.9. The largest absolute Gasteiger partial charge is 0.328 e. The van der Waals surface area contributed by atoms with Gasteiger partial charge < -0.3 is 11.1 Å². The lowest BCUT2D eigenvalue weighted by Gasteiger charge is -2.12. The van der Waals surface area contributed by atoms with Crippen LogP contribution in [-0.4, -0.2) is 12.1 Å². The van der Waals surface area contributed by atoms with Gasteiger partial charge in [-0.2, -0.15) is 0 Å². The molecule has 0 radical (unpaired) electrons. The molecular weight excluding hydrogens is 184 g/mol. The number of hydrogen-bond donors (Lipinski definition) is 2. The Morgan fingerprint density at radius 1 is 1.27 bits per heavy atom. The van der Waals surface area contributed by atoms with E-state index in [1.165, 1.54) is 24.0 Å². The maximum Gasteiger partial charge on any atom is 0.0208 e. The van der Waals surface area contributed by atoms with E-state index < -0.39 is 0 Å². The van der Waals surface area contributed by atoms with Crippen molar-refractivity contribution in [3.05, 3.63) is 35.4 Å². The van der Waals surface area contributed by atoms with Crippen LogP contribution in [0, 0.1) is 6.92 Å². The van der Waals surface area contributed by atoms with Gasteiger partial charge in [0.2, 0.25) is 0 Å². The smallest absolute Gasteiger partial charge is 0.0208 e. The van der Waals surface area contributed by atoms with E-state index >= 15 is 0 Å². The molecule has 15 heavy (non-hydrogen) atoms. The van der Waals surface area contributed by atoms with Gasteiger partial charge in [-0.1, -0.05) is 29.8 Å². The number of nitrogens with one attached hydrogen (secondary N) is 1. The number of nitrogens with two attached hydrogens (primary N) is 1. The van der Waals surface area contributed by atoms with Crippen molar-refractivity contribution in [2.24, 2.45) is 5.73 Å². The summed E-state index contributed by atoms with van der Waals surface area (Å²) in [5.74, 6) is 0. The Kier molecular flexibility index (Phi) is 3.39. The fraction of sp³-hybridized carbons (Fsp3) is 0.538. The minimum atomic E-state index is 0.417. The molecule has 1 aliphatic carbocycles. The molecule has 3 N–H and O–H groups in total. The minimum Gasteiger partial charge on any atom is -0.328 e. The summed E-state index contributed by atoms with van der Waals surface area (Å²) in [7, 11) is 0. The summed E-state index contributed by atoms with van der Waals surface area (Å²) in [4.78, 5) is 0. The maximum atomic E-state index is 5.87. The van der Waals surface area contributed by atoms with Crippen molar-refractivity contribution < 1.29 is 0 Å². The predicted octanol–water partition coefficient (Wildman–Crippen LogP) is 1.96. The first-order chi connectivity index (χ1) is 7.24. The van der Waals surface area contributed by atoms with Crippen LogP contribution in [-0.2, 0) is 6.54 Å². The molecule has 0 saturated heterocycles. The lowest BCUT2D eigenvalue weighted by molar-refractivity contribution is 0.517. The van der Waals surface area contributed by atoms with Crippen molar-refractivity contribution in [2.75, 3.05) is 0 Å². The monoisotopic (exact) mass is 204 g/mol. The summed E-state index contributed by atoms with van der Waals surface area (Å²) in [5.41, 5.74) is 8.56. The molecule has 1 aliphatic rings. The van der Waals surface area contributed by atoms with Gasteiger partial charge in [-0.3, -0.25) is 0 Å². The standard InChI is InChI=1S/C13H20N2/c1-10-2-4-11(5-3-10)9-15-13-7-6-12(14)8-13/h2-5,12-13,15H,6-9,14H2,1H3. The van der Waals surface area contributed by atoms with Crippen LogP contribution in [0.25, 0.3) is 0 Å². The zero-order valence-corrected chi connectivity index (χ0v) is 9.37. The lowest BCUT2D eigenvalue weighted by Crippen LogP contribution is -2.27. The van der Waals surface area contributed by atoms with E-state index in [1.54, 1.807) is 0 Å². The molecule has 0 spiro atoms. The average molecular weight is 204 g/mol. The Hall–Kier alpha value is -0.860. The molecular formula is C13H20N2. The molecule has 0 aliphatic heterocycles. The van der Waals surface area contributed by atoms with Crippen LogP contribution in [0.15, 0.2) is 24.3 Å². The summed E-state index contributed by atoms with van der Waals surface area (Å²) >= 11 is 0. The number of aryl methyl sites for hydroxylation is 1. The molecule has 0 bridgehead atoms. The quantitative estimate of drug-likeness (QED) is 0.790. The van der Waals surface area contributed by atoms with Crippen molar-refractivity contribution in [2.45, 2.75) is 44.8 Å². The molecule has 82 valence electrons. The number of hydrogen-bond acceptors (Lipinski definition) is 2. The highest BCUT2D eigenvalue weighted by Gasteiger charge is 2.20. The molecule has 2 rings (SSSR count). The van der Waals surface area contributed by atoms with Gasteiger partial charge in [-0.05, 0) is 31.7 Å². The van der Waals surface area contributed by atoms with Crippen molar-refractivity contribution in [3.63, 3.8) is 0 Å². The Balaban J connectivity index is 1.80. The third-order valence-corrected chi connectivity index (χ3v) is 3.19. The SMILES string of the molecule is Cc1ccc(CNC2CCC(N)C2)cc1. The van der Waals surface area contributed by atoms with Crippen molar-refractivity contribution in [3.8, 4) is 0 Å². The van der Waals surface area contributed by atoms with E-state index in [2.05, 4.69) is 36.5 Å². The van der Waals surface area contributed by atoms with Crippen LogP contribution in [0.3, 0.4) is 0 Å². The number of benzene rings is 1. The minimum absolute atomic E-state index is 0.417. The second-order valence-electron chi connectivity index (χ2n) is 4.64. The fourth-order valence-corrected chi connectivity index (χ4v) is 2.17. The Labute approximate surface area is 91.9 Å². The van der Waals surface area contributed by atoms with Crippen LogP contribution >= 0.6 is 0 Å². The summed E-state index contributed by atoms with van der Waals surface area (Å²) in [5, 5.41) is 3.57. The molecule has 1 aromatic rings. The second-order valence-corrected chi connectivity index (χ2v) is 4.64. The van der Waals surface area contributed by atoms with E-state index in [0.29, 0.717) is 12.1 Å². The molecule has 0 aromatic heterocycles. The zero-order chi connectivity index (χ0) is 10.7. The first-order valence-electron chi connectivity index (χ1n) is 5.78. The summed E-state index contributed by atoms with van der Waals surface area (Å²) in [6.07, 6.45) is 3.53. The molecule has 1 fully saturated rings. The summed E-state index contributed by atoms with van der Waals surface area (Å²) in [6, 6.07) is 9.75. The molecule has 2 nitrogen and oxygen atoms in total. The summed E-state index contributed by atoms with van der Waals surface area (Å²) < 4.78 is 0. The Bertz CT molecular complexity index is 305. The van der Waals surface area contributed by atoms with E-state index in [9.17, 15) is 0 Å². The highest BCUT2D eigenvalue weighted by molar-refractivity contribution is 5.21. The van der Waals surface area contributed by atoms with Gasteiger partial charge in [0, 0.05) is 18.6 Å². The third kappa shape index (κ3) is 3.05. The topological polar surface area (TPSA) is 38.0 Å². The lowest BCUT2D eigenvalue weighted by atomic mass is 10.1. The van der Waals surface area contributed by atoms with Gasteiger partial charge in [0.05, 0.1) is 0 Å². The predicted molar refractivity (Wildman–Crippen MR) is 63.6 cm³/mol. The van der Waals surface area contributed by atoms with Gasteiger partial charge in [-0.25, -0.2) is 0 Å². The van der Waals surface area contributed by atoms with E-state index in [4.69, 9.17) is 5.73 Å². The normalized spacial score (nSPS) is 25.7. The van der Waals surface area contributed by atoms with E-state index in [1.807, 2.05) is 0 Å². The van der Waals surface area contributed by atoms with E-state index in [0.717, 1.165) is 13.0 Å². The zero-order valence-electron chi connectivity index (χ0n) is 9.37. The van der Waals surface area contributed by atoms with Crippen molar-refractivity contribution in [1.82, 2.24) is 5.32 Å². The average Bonchev–Trinajstić information content (AvgIpc) is 2.64. The molecule has 0 heterocycles. The van der Waals surface area contributed by atoms with Gasteiger partial charge in [0.25, 0.3) is 0 Å². The Morgan fingerprint density at radius 2 is 2.00 bits per heavy atom. The van der Waals surface area contributed by atoms with Crippen LogP contribution in [0.4, 0.5) is 0 Å². The molecule has 2 atom stereocenters. The van der Waals surface area contributed by atoms with Crippen LogP contribution in [0.1, 0.15) is 30.4 Å². The molecule has 1 saturated carbocycles. The molecule has 1 aromatic carbocycles. The third-order valence-electron chi connectivity index (χ3n) is 3.19. The Morgan fingerprint density at radius 3 is 2.60 bits per heavy atom. The molecule has 2 unspecified atom stereocenters. The number of rotatable bonds is 3. The van der Waals surface area contributed by atoms with Crippen LogP contribution in [0.5, 0.6) is 0 Å². The van der Waals surface area contributed by atoms with Crippen molar-refractivity contribution in [1.29, 1.82) is 0 Å². The highest BCUT2D eigenvalue weighted by Crippen LogP contribution is 2.17. The van der Waals surface area contributed by atoms with Gasteiger partial charge >= 0.3 is 0 Å². The molecule has 2 heteroatoms. The van der Waals surface area contributed by atoms with Crippen molar-refractivity contribution >= 4 is 0 Å². The summed E-state index contributed by atoms with van der Waals surface area (Å²) in [6.45, 7) is 3.09. The van der Waals surface area contributed by atoms with Gasteiger partial charge in [0.1, 0.15) is 0 Å². The maximum absolute atomic E-state index is 5.87. The second kappa shape index (κ2) is 4.77. The van der Waals surface area contributed by atoms with Crippen LogP contribution < -0.4 is 11.1 Å². The first kappa shape index (κ1) is 10.7. The van der Waals surface area contributed by atoms with Gasteiger partial charge in [-0.15, -0.1) is 0 Å². The molecule has 0 amide bonds. The van der Waals surface area contributed by atoms with E-state index in [-0.39, 0.29) is 0 Å². The van der Waals surface area contributed by atoms with Gasteiger partial charge in [0.15, 0.2) is 0 Å². The van der Waals surface area contributed by atoms with Crippen LogP contribution in [0.2, 0.25) is 0 Å².